The third-order valence-electron chi connectivity index (χ3n) is 4.57. The molecule has 0 spiro atoms. The van der Waals surface area contributed by atoms with Crippen LogP contribution in [0.25, 0.3) is 22.1 Å². The molecule has 1 aliphatic rings. The molecular formula is C18H15N5O3. The maximum atomic E-state index is 12.8. The van der Waals surface area contributed by atoms with Gasteiger partial charge in [0.1, 0.15) is 5.52 Å². The number of carbonyl (C=O) groups is 1. The quantitative estimate of drug-likeness (QED) is 0.549. The molecule has 8 heteroatoms. The van der Waals surface area contributed by atoms with Gasteiger partial charge in [-0.15, -0.1) is 0 Å². The van der Waals surface area contributed by atoms with Crippen molar-refractivity contribution in [3.63, 3.8) is 0 Å². The summed E-state index contributed by atoms with van der Waals surface area (Å²) >= 11 is 0. The van der Waals surface area contributed by atoms with Gasteiger partial charge in [-0.2, -0.15) is 4.98 Å². The summed E-state index contributed by atoms with van der Waals surface area (Å²) in [5, 5.41) is 4.49. The molecule has 1 fully saturated rings. The second-order valence-corrected chi connectivity index (χ2v) is 6.13. The zero-order chi connectivity index (χ0) is 17.5. The van der Waals surface area contributed by atoms with Crippen molar-refractivity contribution >= 4 is 34.1 Å². The standard InChI is InChI=1S/C18H15N5O3/c24-17(15-12-4-3-7-19-16(12)21-26-15)22-8-10-23(11-9-22)18-20-13-5-1-2-6-14(13)25-18/h1-7H,8-11H2. The summed E-state index contributed by atoms with van der Waals surface area (Å²) in [6.45, 7) is 2.39. The number of amides is 1. The van der Waals surface area contributed by atoms with Crippen LogP contribution >= 0.6 is 0 Å². The third kappa shape index (κ3) is 2.38. The van der Waals surface area contributed by atoms with E-state index in [1.807, 2.05) is 29.2 Å². The van der Waals surface area contributed by atoms with Gasteiger partial charge in [-0.1, -0.05) is 17.3 Å². The summed E-state index contributed by atoms with van der Waals surface area (Å²) in [5.41, 5.74) is 2.05. The van der Waals surface area contributed by atoms with Crippen LogP contribution in [0.15, 0.2) is 51.5 Å². The summed E-state index contributed by atoms with van der Waals surface area (Å²) in [7, 11) is 0. The molecule has 1 aromatic carbocycles. The highest BCUT2D eigenvalue weighted by Gasteiger charge is 2.28. The van der Waals surface area contributed by atoms with E-state index in [1.165, 1.54) is 0 Å². The van der Waals surface area contributed by atoms with Crippen LogP contribution in [0.1, 0.15) is 10.6 Å². The lowest BCUT2D eigenvalue weighted by molar-refractivity contribution is 0.0706. The van der Waals surface area contributed by atoms with E-state index in [9.17, 15) is 4.79 Å². The molecule has 0 radical (unpaired) electrons. The predicted molar refractivity (Wildman–Crippen MR) is 93.9 cm³/mol. The summed E-state index contributed by atoms with van der Waals surface area (Å²) in [6, 6.07) is 11.8. The number of carbonyl (C=O) groups excluding carboxylic acids is 1. The van der Waals surface area contributed by atoms with Gasteiger partial charge in [-0.3, -0.25) is 4.79 Å². The Hall–Kier alpha value is -3.42. The third-order valence-corrected chi connectivity index (χ3v) is 4.57. The van der Waals surface area contributed by atoms with Crippen molar-refractivity contribution in [2.45, 2.75) is 0 Å². The molecule has 130 valence electrons. The Morgan fingerprint density at radius 1 is 1.04 bits per heavy atom. The van der Waals surface area contributed by atoms with Gasteiger partial charge in [0.2, 0.25) is 11.4 Å². The zero-order valence-electron chi connectivity index (χ0n) is 13.8. The number of anilines is 1. The molecule has 0 unspecified atom stereocenters. The van der Waals surface area contributed by atoms with Crippen LogP contribution in [0.2, 0.25) is 0 Å². The van der Waals surface area contributed by atoms with Crippen LogP contribution in [0.5, 0.6) is 0 Å². The Labute approximate surface area is 148 Å². The van der Waals surface area contributed by atoms with Gasteiger partial charge in [0, 0.05) is 32.4 Å². The highest BCUT2D eigenvalue weighted by Crippen LogP contribution is 2.23. The van der Waals surface area contributed by atoms with E-state index in [0.29, 0.717) is 43.2 Å². The van der Waals surface area contributed by atoms with Gasteiger partial charge in [-0.05, 0) is 24.3 Å². The van der Waals surface area contributed by atoms with Crippen LogP contribution in [-0.4, -0.2) is 52.1 Å². The molecule has 3 aromatic heterocycles. The number of hydrogen-bond donors (Lipinski definition) is 0. The van der Waals surface area contributed by atoms with Gasteiger partial charge in [-0.25, -0.2) is 4.98 Å². The van der Waals surface area contributed by atoms with Gasteiger partial charge in [0.05, 0.1) is 5.39 Å². The molecule has 8 nitrogen and oxygen atoms in total. The number of para-hydroxylation sites is 2. The smallest absolute Gasteiger partial charge is 0.298 e. The van der Waals surface area contributed by atoms with Crippen molar-refractivity contribution in [1.82, 2.24) is 20.0 Å². The number of pyridine rings is 1. The van der Waals surface area contributed by atoms with Crippen molar-refractivity contribution in [3.8, 4) is 0 Å². The van der Waals surface area contributed by atoms with Crippen LogP contribution in [0.3, 0.4) is 0 Å². The van der Waals surface area contributed by atoms with Crippen LogP contribution in [0, 0.1) is 0 Å². The maximum Gasteiger partial charge on any atom is 0.298 e. The molecular weight excluding hydrogens is 334 g/mol. The van der Waals surface area contributed by atoms with Crippen molar-refractivity contribution in [2.75, 3.05) is 31.1 Å². The summed E-state index contributed by atoms with van der Waals surface area (Å²) in [6.07, 6.45) is 1.62. The fourth-order valence-corrected chi connectivity index (χ4v) is 3.18. The SMILES string of the molecule is O=C(c1onc2ncccc12)N1CCN(c2nc3ccccc3o2)CC1. The Balaban J connectivity index is 1.33. The minimum Gasteiger partial charge on any atom is -0.423 e. The van der Waals surface area contributed by atoms with Crippen LogP contribution in [0.4, 0.5) is 6.01 Å². The topological polar surface area (TPSA) is 88.5 Å². The summed E-state index contributed by atoms with van der Waals surface area (Å²) < 4.78 is 11.0. The molecule has 0 aliphatic carbocycles. The second kappa shape index (κ2) is 5.83. The van der Waals surface area contributed by atoms with Gasteiger partial charge in [0.15, 0.2) is 5.58 Å². The molecule has 0 N–H and O–H groups in total. The second-order valence-electron chi connectivity index (χ2n) is 6.13. The first-order valence-corrected chi connectivity index (χ1v) is 8.40. The lowest BCUT2D eigenvalue weighted by Gasteiger charge is -2.33. The predicted octanol–water partition coefficient (Wildman–Crippen LogP) is 2.33. The normalized spacial score (nSPS) is 15.1. The lowest BCUT2D eigenvalue weighted by Crippen LogP contribution is -2.48. The van der Waals surface area contributed by atoms with E-state index in [0.717, 1.165) is 11.1 Å². The van der Waals surface area contributed by atoms with Crippen molar-refractivity contribution in [2.24, 2.45) is 0 Å². The molecule has 0 saturated carbocycles. The average molecular weight is 349 g/mol. The van der Waals surface area contributed by atoms with Crippen molar-refractivity contribution in [3.05, 3.63) is 48.4 Å². The van der Waals surface area contributed by atoms with E-state index in [2.05, 4.69) is 15.1 Å². The molecule has 1 aliphatic heterocycles. The van der Waals surface area contributed by atoms with Crippen LogP contribution < -0.4 is 4.90 Å². The van der Waals surface area contributed by atoms with Crippen molar-refractivity contribution < 1.29 is 13.7 Å². The number of aromatic nitrogens is 3. The first-order chi connectivity index (χ1) is 12.8. The first kappa shape index (κ1) is 14.9. The molecule has 0 bridgehead atoms. The largest absolute Gasteiger partial charge is 0.423 e. The maximum absolute atomic E-state index is 12.8. The highest BCUT2D eigenvalue weighted by molar-refractivity contribution is 6.02. The van der Waals surface area contributed by atoms with E-state index < -0.39 is 0 Å². The van der Waals surface area contributed by atoms with E-state index in [-0.39, 0.29) is 11.7 Å². The minimum absolute atomic E-state index is 0.169. The Morgan fingerprint density at radius 3 is 2.73 bits per heavy atom. The molecule has 0 atom stereocenters. The lowest BCUT2D eigenvalue weighted by atomic mass is 10.2. The van der Waals surface area contributed by atoms with Gasteiger partial charge < -0.3 is 18.7 Å². The number of oxazole rings is 1. The van der Waals surface area contributed by atoms with Gasteiger partial charge >= 0.3 is 0 Å². The van der Waals surface area contributed by atoms with Gasteiger partial charge in [0.25, 0.3) is 11.9 Å². The fourth-order valence-electron chi connectivity index (χ4n) is 3.18. The number of rotatable bonds is 2. The molecule has 5 rings (SSSR count). The number of fused-ring (bicyclic) bond motifs is 2. The zero-order valence-corrected chi connectivity index (χ0v) is 13.8. The van der Waals surface area contributed by atoms with Crippen LogP contribution in [-0.2, 0) is 0 Å². The van der Waals surface area contributed by atoms with Crippen molar-refractivity contribution in [1.29, 1.82) is 0 Å². The van der Waals surface area contributed by atoms with E-state index >= 15 is 0 Å². The molecule has 1 amide bonds. The molecule has 4 heterocycles. The Bertz CT molecular complexity index is 1060. The molecule has 26 heavy (non-hydrogen) atoms. The average Bonchev–Trinajstić information content (AvgIpc) is 3.32. The highest BCUT2D eigenvalue weighted by atomic mass is 16.5. The fraction of sp³-hybridized carbons (Fsp3) is 0.222. The number of benzene rings is 1. The minimum atomic E-state index is -0.169. The molecule has 4 aromatic rings. The Kier molecular flexibility index (Phi) is 3.34. The number of nitrogens with zero attached hydrogens (tertiary/aromatic N) is 5. The first-order valence-electron chi connectivity index (χ1n) is 8.40. The number of piperazine rings is 1. The Morgan fingerprint density at radius 2 is 1.88 bits per heavy atom. The number of hydrogen-bond acceptors (Lipinski definition) is 7. The summed E-state index contributed by atoms with van der Waals surface area (Å²) in [4.78, 5) is 25.2. The monoisotopic (exact) mass is 349 g/mol. The van der Waals surface area contributed by atoms with E-state index in [4.69, 9.17) is 8.94 Å². The van der Waals surface area contributed by atoms with E-state index in [1.54, 1.807) is 23.2 Å². The molecule has 1 saturated heterocycles. The summed E-state index contributed by atoms with van der Waals surface area (Å²) in [5.74, 6) is 0.0705.